The number of fused-ring (bicyclic) bond motifs is 2. The Bertz CT molecular complexity index is 999. The first kappa shape index (κ1) is 16.1. The van der Waals surface area contributed by atoms with Crippen LogP contribution in [0.4, 0.5) is 0 Å². The van der Waals surface area contributed by atoms with Crippen LogP contribution in [0.2, 0.25) is 0 Å². The summed E-state index contributed by atoms with van der Waals surface area (Å²) < 4.78 is 0. The van der Waals surface area contributed by atoms with Crippen LogP contribution in [-0.2, 0) is 0 Å². The van der Waals surface area contributed by atoms with Crippen LogP contribution in [0.15, 0.2) is 83.0 Å². The van der Waals surface area contributed by atoms with Crippen LogP contribution in [0, 0.1) is 0 Å². The van der Waals surface area contributed by atoms with Crippen molar-refractivity contribution in [2.45, 2.75) is 0 Å². The molecule has 26 heavy (non-hydrogen) atoms. The van der Waals surface area contributed by atoms with Gasteiger partial charge < -0.3 is 0 Å². The number of pyridine rings is 2. The monoisotopic (exact) mass is 338 g/mol. The number of hydrogen-bond donors (Lipinski definition) is 0. The molecule has 0 aliphatic carbocycles. The Morgan fingerprint density at radius 2 is 1.08 bits per heavy atom. The van der Waals surface area contributed by atoms with Gasteiger partial charge in [-0.25, -0.2) is 0 Å². The third-order valence-electron chi connectivity index (χ3n) is 4.18. The molecule has 0 saturated carbocycles. The summed E-state index contributed by atoms with van der Waals surface area (Å²) in [7, 11) is 0. The van der Waals surface area contributed by atoms with Crippen LogP contribution in [-0.4, -0.2) is 35.5 Å². The SMILES string of the molecule is C(=NCCN=Cc1ccnc2ccccc12)c1ccnc2ccccc12. The van der Waals surface area contributed by atoms with E-state index in [1.54, 1.807) is 0 Å². The van der Waals surface area contributed by atoms with E-state index in [4.69, 9.17) is 0 Å². The molecule has 0 atom stereocenters. The second kappa shape index (κ2) is 7.66. The third kappa shape index (κ3) is 3.49. The summed E-state index contributed by atoms with van der Waals surface area (Å²) in [5.74, 6) is 0. The van der Waals surface area contributed by atoms with Gasteiger partial charge in [-0.1, -0.05) is 36.4 Å². The van der Waals surface area contributed by atoms with Gasteiger partial charge >= 0.3 is 0 Å². The van der Waals surface area contributed by atoms with E-state index in [0.29, 0.717) is 13.1 Å². The van der Waals surface area contributed by atoms with E-state index in [1.807, 2.05) is 73.4 Å². The highest BCUT2D eigenvalue weighted by atomic mass is 14.8. The molecule has 0 N–H and O–H groups in total. The van der Waals surface area contributed by atoms with Gasteiger partial charge in [0.2, 0.25) is 0 Å². The van der Waals surface area contributed by atoms with Crippen molar-refractivity contribution in [3.63, 3.8) is 0 Å². The smallest absolute Gasteiger partial charge is 0.0708 e. The molecule has 0 amide bonds. The molecule has 2 aromatic carbocycles. The highest BCUT2D eigenvalue weighted by molar-refractivity contribution is 5.98. The lowest BCUT2D eigenvalue weighted by atomic mass is 10.1. The fourth-order valence-electron chi connectivity index (χ4n) is 2.90. The molecular formula is C22H18N4. The van der Waals surface area contributed by atoms with Crippen LogP contribution in [0.25, 0.3) is 21.8 Å². The molecule has 0 aliphatic heterocycles. The number of aliphatic imine (C=N–C) groups is 2. The molecule has 0 aliphatic rings. The summed E-state index contributed by atoms with van der Waals surface area (Å²) in [5.41, 5.74) is 4.14. The van der Waals surface area contributed by atoms with E-state index < -0.39 is 0 Å². The molecule has 4 nitrogen and oxygen atoms in total. The Kier molecular flexibility index (Phi) is 4.74. The Balaban J connectivity index is 1.42. The van der Waals surface area contributed by atoms with Crippen molar-refractivity contribution in [2.75, 3.05) is 13.1 Å². The number of hydrogen-bond acceptors (Lipinski definition) is 4. The van der Waals surface area contributed by atoms with E-state index in [1.165, 1.54) is 0 Å². The van der Waals surface area contributed by atoms with E-state index in [9.17, 15) is 0 Å². The van der Waals surface area contributed by atoms with Gasteiger partial charge in [0, 0.05) is 46.7 Å². The lowest BCUT2D eigenvalue weighted by molar-refractivity contribution is 0.985. The maximum absolute atomic E-state index is 4.51. The molecule has 4 aromatic rings. The van der Waals surface area contributed by atoms with E-state index in [2.05, 4.69) is 32.1 Å². The highest BCUT2D eigenvalue weighted by Gasteiger charge is 1.99. The Labute approximate surface area is 152 Å². The van der Waals surface area contributed by atoms with E-state index >= 15 is 0 Å². The normalized spacial score (nSPS) is 11.8. The van der Waals surface area contributed by atoms with Gasteiger partial charge in [0.25, 0.3) is 0 Å². The van der Waals surface area contributed by atoms with Gasteiger partial charge in [-0.2, -0.15) is 0 Å². The lowest BCUT2D eigenvalue weighted by Crippen LogP contribution is -1.92. The number of nitrogens with zero attached hydrogens (tertiary/aromatic N) is 4. The minimum Gasteiger partial charge on any atom is -0.291 e. The Morgan fingerprint density at radius 3 is 1.58 bits per heavy atom. The lowest BCUT2D eigenvalue weighted by Gasteiger charge is -2.00. The summed E-state index contributed by atoms with van der Waals surface area (Å²) in [6, 6.07) is 20.1. The van der Waals surface area contributed by atoms with Gasteiger partial charge in [0.05, 0.1) is 24.1 Å². The summed E-state index contributed by atoms with van der Waals surface area (Å²) in [5, 5.41) is 2.23. The second-order valence-corrected chi connectivity index (χ2v) is 5.91. The van der Waals surface area contributed by atoms with Crippen molar-refractivity contribution in [1.29, 1.82) is 0 Å². The largest absolute Gasteiger partial charge is 0.291 e. The zero-order valence-electron chi connectivity index (χ0n) is 14.3. The van der Waals surface area contributed by atoms with Gasteiger partial charge in [-0.3, -0.25) is 20.0 Å². The molecule has 126 valence electrons. The van der Waals surface area contributed by atoms with Crippen molar-refractivity contribution in [3.8, 4) is 0 Å². The van der Waals surface area contributed by atoms with Crippen molar-refractivity contribution in [3.05, 3.63) is 84.2 Å². The summed E-state index contributed by atoms with van der Waals surface area (Å²) in [4.78, 5) is 17.7. The standard InChI is InChI=1S/C22H18N4/c1-3-7-21-19(5-1)17(9-11-25-21)15-23-13-14-24-16-18-10-12-26-22-8-4-2-6-20(18)22/h1-12,15-16H,13-14H2. The fraction of sp³-hybridized carbons (Fsp3) is 0.0909. The molecule has 4 rings (SSSR count). The first-order valence-electron chi connectivity index (χ1n) is 8.59. The minimum absolute atomic E-state index is 0.649. The molecule has 0 bridgehead atoms. The van der Waals surface area contributed by atoms with Crippen LogP contribution in [0.1, 0.15) is 11.1 Å². The number of aromatic nitrogens is 2. The first-order chi connectivity index (χ1) is 12.9. The average Bonchev–Trinajstić information content (AvgIpc) is 2.71. The average molecular weight is 338 g/mol. The molecule has 0 fully saturated rings. The zero-order valence-corrected chi connectivity index (χ0v) is 14.3. The maximum atomic E-state index is 4.51. The van der Waals surface area contributed by atoms with Crippen LogP contribution >= 0.6 is 0 Å². The maximum Gasteiger partial charge on any atom is 0.0708 e. The van der Waals surface area contributed by atoms with Crippen molar-refractivity contribution in [1.82, 2.24) is 9.97 Å². The summed E-state index contributed by atoms with van der Waals surface area (Å²) in [6.45, 7) is 1.30. The van der Waals surface area contributed by atoms with E-state index in [0.717, 1.165) is 32.9 Å². The van der Waals surface area contributed by atoms with Crippen molar-refractivity contribution >= 4 is 34.2 Å². The molecule has 4 heteroatoms. The van der Waals surface area contributed by atoms with Crippen LogP contribution in [0.5, 0.6) is 0 Å². The first-order valence-corrected chi connectivity index (χ1v) is 8.59. The number of para-hydroxylation sites is 2. The summed E-state index contributed by atoms with van der Waals surface area (Å²) in [6.07, 6.45) is 7.44. The van der Waals surface area contributed by atoms with Crippen LogP contribution in [0.3, 0.4) is 0 Å². The molecule has 0 unspecified atom stereocenters. The molecule has 0 saturated heterocycles. The van der Waals surface area contributed by atoms with Gasteiger partial charge in [0.15, 0.2) is 0 Å². The minimum atomic E-state index is 0.649. The van der Waals surface area contributed by atoms with Gasteiger partial charge in [-0.05, 0) is 24.3 Å². The Morgan fingerprint density at radius 1 is 0.615 bits per heavy atom. The molecule has 2 aromatic heterocycles. The predicted octanol–water partition coefficient (Wildman–Crippen LogP) is 4.32. The quantitative estimate of drug-likeness (QED) is 0.402. The van der Waals surface area contributed by atoms with Gasteiger partial charge in [-0.15, -0.1) is 0 Å². The second-order valence-electron chi connectivity index (χ2n) is 5.91. The fourth-order valence-corrected chi connectivity index (χ4v) is 2.90. The predicted molar refractivity (Wildman–Crippen MR) is 108 cm³/mol. The molecule has 0 radical (unpaired) electrons. The highest BCUT2D eigenvalue weighted by Crippen LogP contribution is 2.15. The molecular weight excluding hydrogens is 320 g/mol. The number of rotatable bonds is 5. The van der Waals surface area contributed by atoms with Crippen molar-refractivity contribution < 1.29 is 0 Å². The summed E-state index contributed by atoms with van der Waals surface area (Å²) >= 11 is 0. The zero-order chi connectivity index (χ0) is 17.6. The molecule has 0 spiro atoms. The van der Waals surface area contributed by atoms with Crippen molar-refractivity contribution in [2.24, 2.45) is 9.98 Å². The third-order valence-corrected chi connectivity index (χ3v) is 4.18. The van der Waals surface area contributed by atoms with Gasteiger partial charge in [0.1, 0.15) is 0 Å². The van der Waals surface area contributed by atoms with Crippen LogP contribution < -0.4 is 0 Å². The topological polar surface area (TPSA) is 50.5 Å². The Hall–Kier alpha value is -3.40. The van der Waals surface area contributed by atoms with E-state index in [-0.39, 0.29) is 0 Å². The molecule has 2 heterocycles. The number of benzene rings is 2.